The molecule has 1 aliphatic rings. The fraction of sp³-hybridized carbons (Fsp3) is 0.455. The van der Waals surface area contributed by atoms with Crippen LogP contribution in [0.4, 0.5) is 5.82 Å². The highest BCUT2D eigenvalue weighted by atomic mass is 32.2. The van der Waals surface area contributed by atoms with E-state index in [-0.39, 0.29) is 6.04 Å². The molecule has 7 nitrogen and oxygen atoms in total. The highest BCUT2D eigenvalue weighted by Gasteiger charge is 2.29. The van der Waals surface area contributed by atoms with Crippen LogP contribution in [0, 0.1) is 20.8 Å². The number of nitrogens with zero attached hydrogens (tertiary/aromatic N) is 4. The largest absolute Gasteiger partial charge is 0.365 e. The number of nitrogens with one attached hydrogen (secondary N) is 1. The summed E-state index contributed by atoms with van der Waals surface area (Å²) in [5, 5.41) is 5.61. The molecule has 3 heterocycles. The summed E-state index contributed by atoms with van der Waals surface area (Å²) in [6.07, 6.45) is 1.60. The molecule has 0 radical (unpaired) electrons. The Morgan fingerprint density at radius 1 is 1.06 bits per heavy atom. The van der Waals surface area contributed by atoms with Crippen LogP contribution in [0.2, 0.25) is 0 Å². The molecular weight excluding hydrogens is 430 g/mol. The summed E-state index contributed by atoms with van der Waals surface area (Å²) in [7, 11) is -3.45. The van der Waals surface area contributed by atoms with E-state index in [0.717, 1.165) is 33.7 Å². The Morgan fingerprint density at radius 3 is 2.52 bits per heavy atom. The molecule has 4 rings (SSSR count). The minimum Gasteiger partial charge on any atom is -0.365 e. The Bertz CT molecular complexity index is 1180. The number of fused-ring (bicyclic) bond motifs is 1. The van der Waals surface area contributed by atoms with Gasteiger partial charge in [-0.25, -0.2) is 18.4 Å². The standard InChI is InChI=1S/C22H29N5O2S2/c1-15-5-6-19(11-16(15)2)31(28,29)27-9-7-26(8-10-27)12-18(4)25-22-21-20(23-14-24-22)17(3)13-30-21/h5-6,11,13-14,18H,7-10,12H2,1-4H3,(H,23,24,25)/t18-/m0/s1. The molecular formula is C22H29N5O2S2. The van der Waals surface area contributed by atoms with E-state index < -0.39 is 10.0 Å². The van der Waals surface area contributed by atoms with Gasteiger partial charge in [0.15, 0.2) is 0 Å². The maximum atomic E-state index is 13.0. The van der Waals surface area contributed by atoms with Gasteiger partial charge in [-0.05, 0) is 61.9 Å². The van der Waals surface area contributed by atoms with E-state index in [1.54, 1.807) is 34.1 Å². The monoisotopic (exact) mass is 459 g/mol. The van der Waals surface area contributed by atoms with Crippen molar-refractivity contribution in [1.82, 2.24) is 19.2 Å². The molecule has 1 aliphatic heterocycles. The number of anilines is 1. The van der Waals surface area contributed by atoms with E-state index in [0.29, 0.717) is 31.1 Å². The molecule has 0 unspecified atom stereocenters. The molecule has 1 saturated heterocycles. The minimum atomic E-state index is -3.45. The number of hydrogen-bond donors (Lipinski definition) is 1. The zero-order valence-electron chi connectivity index (χ0n) is 18.4. The number of sulfonamides is 1. The SMILES string of the molecule is Cc1ccc(S(=O)(=O)N2CCN(C[C@H](C)Nc3ncnc4c(C)csc34)CC2)cc1C. The van der Waals surface area contributed by atoms with Crippen LogP contribution in [-0.4, -0.2) is 66.4 Å². The van der Waals surface area contributed by atoms with E-state index in [2.05, 4.69) is 39.4 Å². The van der Waals surface area contributed by atoms with Crippen molar-refractivity contribution in [2.75, 3.05) is 38.0 Å². The molecule has 0 amide bonds. The van der Waals surface area contributed by atoms with Crippen molar-refractivity contribution in [2.45, 2.75) is 38.6 Å². The van der Waals surface area contributed by atoms with Crippen LogP contribution in [0.1, 0.15) is 23.6 Å². The Kier molecular flexibility index (Phi) is 6.30. The first kappa shape index (κ1) is 22.1. The average molecular weight is 460 g/mol. The summed E-state index contributed by atoms with van der Waals surface area (Å²) < 4.78 is 28.7. The number of thiophene rings is 1. The van der Waals surface area contributed by atoms with Crippen molar-refractivity contribution in [3.63, 3.8) is 0 Å². The van der Waals surface area contributed by atoms with Gasteiger partial charge in [0, 0.05) is 38.8 Å². The van der Waals surface area contributed by atoms with Crippen LogP contribution >= 0.6 is 11.3 Å². The second kappa shape index (κ2) is 8.82. The van der Waals surface area contributed by atoms with Crippen molar-refractivity contribution >= 4 is 37.4 Å². The fourth-order valence-corrected chi connectivity index (χ4v) is 6.38. The second-order valence-electron chi connectivity index (χ2n) is 8.31. The average Bonchev–Trinajstić information content (AvgIpc) is 3.12. The maximum Gasteiger partial charge on any atom is 0.243 e. The van der Waals surface area contributed by atoms with Crippen LogP contribution < -0.4 is 5.32 Å². The third-order valence-corrected chi connectivity index (χ3v) is 8.88. The Hall–Kier alpha value is -2.07. The van der Waals surface area contributed by atoms with Crippen molar-refractivity contribution in [3.05, 3.63) is 46.6 Å². The summed E-state index contributed by atoms with van der Waals surface area (Å²) in [5.74, 6) is 0.867. The van der Waals surface area contributed by atoms with Gasteiger partial charge in [0.05, 0.1) is 15.1 Å². The third-order valence-electron chi connectivity index (χ3n) is 5.89. The lowest BCUT2D eigenvalue weighted by atomic mass is 10.1. The Labute approximate surface area is 188 Å². The summed E-state index contributed by atoms with van der Waals surface area (Å²) in [6.45, 7) is 11.4. The predicted molar refractivity (Wildman–Crippen MR) is 126 cm³/mol. The molecule has 1 N–H and O–H groups in total. The minimum absolute atomic E-state index is 0.184. The highest BCUT2D eigenvalue weighted by molar-refractivity contribution is 7.89. The number of hydrogen-bond acceptors (Lipinski definition) is 7. The van der Waals surface area contributed by atoms with Gasteiger partial charge in [0.2, 0.25) is 10.0 Å². The molecule has 1 aromatic carbocycles. The lowest BCUT2D eigenvalue weighted by Crippen LogP contribution is -2.50. The third kappa shape index (κ3) is 4.59. The number of aromatic nitrogens is 2. The van der Waals surface area contributed by atoms with Crippen LogP contribution in [0.5, 0.6) is 0 Å². The van der Waals surface area contributed by atoms with E-state index >= 15 is 0 Å². The zero-order chi connectivity index (χ0) is 22.2. The molecule has 0 aliphatic carbocycles. The molecule has 166 valence electrons. The smallest absolute Gasteiger partial charge is 0.243 e. The van der Waals surface area contributed by atoms with Crippen LogP contribution in [0.25, 0.3) is 10.2 Å². The van der Waals surface area contributed by atoms with E-state index in [9.17, 15) is 8.42 Å². The fourth-order valence-electron chi connectivity index (χ4n) is 3.91. The molecule has 1 atom stereocenters. The molecule has 3 aromatic rings. The van der Waals surface area contributed by atoms with Crippen LogP contribution in [0.3, 0.4) is 0 Å². The van der Waals surface area contributed by atoms with Gasteiger partial charge in [-0.3, -0.25) is 4.90 Å². The molecule has 0 bridgehead atoms. The molecule has 0 spiro atoms. The molecule has 31 heavy (non-hydrogen) atoms. The number of piperazine rings is 1. The number of rotatable bonds is 6. The van der Waals surface area contributed by atoms with Gasteiger partial charge in [-0.15, -0.1) is 11.3 Å². The van der Waals surface area contributed by atoms with Gasteiger partial charge in [-0.2, -0.15) is 4.31 Å². The molecule has 9 heteroatoms. The van der Waals surface area contributed by atoms with Crippen LogP contribution in [-0.2, 0) is 10.0 Å². The quantitative estimate of drug-likeness (QED) is 0.609. The van der Waals surface area contributed by atoms with Gasteiger partial charge in [-0.1, -0.05) is 6.07 Å². The molecule has 1 fully saturated rings. The lowest BCUT2D eigenvalue weighted by Gasteiger charge is -2.35. The zero-order valence-corrected chi connectivity index (χ0v) is 20.1. The van der Waals surface area contributed by atoms with Gasteiger partial charge >= 0.3 is 0 Å². The van der Waals surface area contributed by atoms with Gasteiger partial charge in [0.1, 0.15) is 12.1 Å². The summed E-state index contributed by atoms with van der Waals surface area (Å²) in [6, 6.07) is 5.55. The van der Waals surface area contributed by atoms with Gasteiger partial charge < -0.3 is 5.32 Å². The second-order valence-corrected chi connectivity index (χ2v) is 11.1. The topological polar surface area (TPSA) is 78.4 Å². The van der Waals surface area contributed by atoms with E-state index in [4.69, 9.17) is 0 Å². The van der Waals surface area contributed by atoms with E-state index in [1.165, 1.54) is 5.56 Å². The number of aryl methyl sites for hydroxylation is 3. The normalized spacial score (nSPS) is 17.2. The van der Waals surface area contributed by atoms with Crippen molar-refractivity contribution in [3.8, 4) is 0 Å². The summed E-state index contributed by atoms with van der Waals surface area (Å²) >= 11 is 1.66. The Balaban J connectivity index is 1.36. The van der Waals surface area contributed by atoms with Crippen LogP contribution in [0.15, 0.2) is 34.8 Å². The van der Waals surface area contributed by atoms with E-state index in [1.807, 2.05) is 19.9 Å². The van der Waals surface area contributed by atoms with Crippen molar-refractivity contribution < 1.29 is 8.42 Å². The lowest BCUT2D eigenvalue weighted by molar-refractivity contribution is 0.184. The van der Waals surface area contributed by atoms with Crippen molar-refractivity contribution in [2.24, 2.45) is 0 Å². The first-order valence-corrected chi connectivity index (χ1v) is 12.8. The number of benzene rings is 1. The van der Waals surface area contributed by atoms with Gasteiger partial charge in [0.25, 0.3) is 0 Å². The highest BCUT2D eigenvalue weighted by Crippen LogP contribution is 2.29. The Morgan fingerprint density at radius 2 is 1.81 bits per heavy atom. The first-order valence-electron chi connectivity index (χ1n) is 10.5. The molecule has 2 aromatic heterocycles. The predicted octanol–water partition coefficient (Wildman–Crippen LogP) is 3.42. The first-order chi connectivity index (χ1) is 14.8. The molecule has 0 saturated carbocycles. The maximum absolute atomic E-state index is 13.0. The summed E-state index contributed by atoms with van der Waals surface area (Å²) in [5.41, 5.74) is 4.27. The van der Waals surface area contributed by atoms with Crippen molar-refractivity contribution in [1.29, 1.82) is 0 Å². The summed E-state index contributed by atoms with van der Waals surface area (Å²) in [4.78, 5) is 11.5.